The summed E-state index contributed by atoms with van der Waals surface area (Å²) in [6.07, 6.45) is 0. The van der Waals surface area contributed by atoms with E-state index in [1.165, 1.54) is 11.0 Å². The van der Waals surface area contributed by atoms with E-state index in [4.69, 9.17) is 4.74 Å². The molecule has 1 aliphatic rings. The summed E-state index contributed by atoms with van der Waals surface area (Å²) in [5.74, 6) is -2.28. The molecule has 3 N–H and O–H groups in total. The largest absolute Gasteiger partial charge is 0.452 e. The molecule has 0 aliphatic carbocycles. The van der Waals surface area contributed by atoms with Crippen LogP contribution in [-0.4, -0.2) is 47.1 Å². The summed E-state index contributed by atoms with van der Waals surface area (Å²) in [5.41, 5.74) is 0.574. The van der Waals surface area contributed by atoms with E-state index in [9.17, 15) is 23.5 Å². The Morgan fingerprint density at radius 1 is 1.14 bits per heavy atom. The fourth-order valence-electron chi connectivity index (χ4n) is 3.82. The normalized spacial score (nSPS) is 13.6. The van der Waals surface area contributed by atoms with Gasteiger partial charge in [-0.2, -0.15) is 0 Å². The van der Waals surface area contributed by atoms with E-state index in [1.54, 1.807) is 57.0 Å². The molecule has 4 rings (SSSR count). The van der Waals surface area contributed by atoms with Crippen molar-refractivity contribution in [3.05, 3.63) is 71.1 Å². The Kier molecular flexibility index (Phi) is 6.25. The maximum absolute atomic E-state index is 14.4. The first-order valence-corrected chi connectivity index (χ1v) is 11.0. The number of fused-ring (bicyclic) bond motifs is 1. The molecule has 0 radical (unpaired) electrons. The lowest BCUT2D eigenvalue weighted by atomic mass is 9.97. The lowest BCUT2D eigenvalue weighted by Gasteiger charge is -2.35. The molecule has 0 spiro atoms. The van der Waals surface area contributed by atoms with E-state index in [0.29, 0.717) is 23.5 Å². The first-order valence-electron chi connectivity index (χ1n) is 11.0. The van der Waals surface area contributed by atoms with Gasteiger partial charge in [-0.05, 0) is 56.7 Å². The van der Waals surface area contributed by atoms with Crippen molar-refractivity contribution < 1.29 is 28.2 Å². The van der Waals surface area contributed by atoms with Crippen LogP contribution in [0, 0.1) is 11.6 Å². The number of aromatic amines is 1. The molecule has 35 heavy (non-hydrogen) atoms. The maximum atomic E-state index is 14.4. The first kappa shape index (κ1) is 24.2. The molecule has 0 saturated heterocycles. The third-order valence-electron chi connectivity index (χ3n) is 5.65. The topological polar surface area (TPSA) is 97.9 Å². The smallest absolute Gasteiger partial charge is 0.273 e. The Balaban J connectivity index is 1.86. The summed E-state index contributed by atoms with van der Waals surface area (Å²) < 4.78 is 33.6. The molecule has 0 bridgehead atoms. The van der Waals surface area contributed by atoms with Crippen LogP contribution in [0.5, 0.6) is 11.5 Å². The highest BCUT2D eigenvalue weighted by molar-refractivity contribution is 6.05. The number of hydrogen-bond donors (Lipinski definition) is 3. The highest BCUT2D eigenvalue weighted by atomic mass is 19.1. The van der Waals surface area contributed by atoms with Crippen LogP contribution in [0.1, 0.15) is 47.3 Å². The van der Waals surface area contributed by atoms with Gasteiger partial charge >= 0.3 is 0 Å². The molecule has 184 valence electrons. The van der Waals surface area contributed by atoms with Crippen LogP contribution in [0.3, 0.4) is 0 Å². The number of carbonyl (C=O) groups excluding carboxylic acids is 2. The number of carbonyl (C=O) groups is 2. The van der Waals surface area contributed by atoms with Crippen LogP contribution in [-0.2, 0) is 5.60 Å². The second-order valence-electron chi connectivity index (χ2n) is 8.79. The van der Waals surface area contributed by atoms with Crippen molar-refractivity contribution in [1.82, 2.24) is 15.2 Å². The van der Waals surface area contributed by atoms with E-state index in [1.807, 2.05) is 0 Å². The third-order valence-corrected chi connectivity index (χ3v) is 5.65. The summed E-state index contributed by atoms with van der Waals surface area (Å²) in [4.78, 5) is 31.3. The van der Waals surface area contributed by atoms with Crippen LogP contribution in [0.4, 0.5) is 20.2 Å². The van der Waals surface area contributed by atoms with E-state index in [-0.39, 0.29) is 41.4 Å². The molecule has 8 nitrogen and oxygen atoms in total. The minimum absolute atomic E-state index is 0.0933. The van der Waals surface area contributed by atoms with Crippen molar-refractivity contribution >= 4 is 23.2 Å². The molecule has 0 unspecified atom stereocenters. The number of rotatable bonds is 6. The van der Waals surface area contributed by atoms with Gasteiger partial charge in [0.15, 0.2) is 17.3 Å². The Bertz CT molecular complexity index is 1300. The first-order chi connectivity index (χ1) is 16.5. The summed E-state index contributed by atoms with van der Waals surface area (Å²) in [5, 5.41) is 13.3. The number of hydrogen-bond acceptors (Lipinski definition) is 5. The average molecular weight is 485 g/mol. The molecular formula is C25H26F2N4O4. The molecule has 0 atom stereocenters. The van der Waals surface area contributed by atoms with Crippen LogP contribution in [0.15, 0.2) is 42.5 Å². The van der Waals surface area contributed by atoms with E-state index >= 15 is 0 Å². The zero-order valence-electron chi connectivity index (χ0n) is 19.8. The van der Waals surface area contributed by atoms with Gasteiger partial charge in [-0.25, -0.2) is 8.78 Å². The number of aliphatic hydroxyl groups is 1. The Morgan fingerprint density at radius 3 is 2.51 bits per heavy atom. The molecule has 10 heteroatoms. The Labute approximate surface area is 201 Å². The van der Waals surface area contributed by atoms with Crippen molar-refractivity contribution in [3.8, 4) is 11.5 Å². The lowest BCUT2D eigenvalue weighted by Crippen LogP contribution is -2.42. The number of amides is 2. The van der Waals surface area contributed by atoms with Crippen molar-refractivity contribution in [1.29, 1.82) is 0 Å². The van der Waals surface area contributed by atoms with Gasteiger partial charge in [-0.1, -0.05) is 6.07 Å². The van der Waals surface area contributed by atoms with Gasteiger partial charge in [0.2, 0.25) is 0 Å². The highest BCUT2D eigenvalue weighted by Crippen LogP contribution is 2.42. The number of aromatic nitrogens is 1. The number of halogens is 2. The van der Waals surface area contributed by atoms with Crippen LogP contribution >= 0.6 is 0 Å². The standard InChI is InChI=1S/C25H26F2N4O4/c1-5-28-23(32)17-12-19-22(29-17)24(33)30(4)13-31(19)18-10-14(25(2,3)34)6-8-21(18)35-20-9-7-15(26)11-16(20)27/h6-12,29,34H,5,13H2,1-4H3,(H,28,32). The van der Waals surface area contributed by atoms with E-state index in [0.717, 1.165) is 12.1 Å². The van der Waals surface area contributed by atoms with Gasteiger partial charge in [-0.3, -0.25) is 9.59 Å². The second-order valence-corrected chi connectivity index (χ2v) is 8.79. The van der Waals surface area contributed by atoms with Gasteiger partial charge in [0.1, 0.15) is 17.2 Å². The fraction of sp³-hybridized carbons (Fsp3) is 0.280. The van der Waals surface area contributed by atoms with Gasteiger partial charge in [0.05, 0.1) is 23.6 Å². The number of anilines is 2. The van der Waals surface area contributed by atoms with Crippen LogP contribution < -0.4 is 15.0 Å². The van der Waals surface area contributed by atoms with Crippen LogP contribution in [0.25, 0.3) is 0 Å². The highest BCUT2D eigenvalue weighted by Gasteiger charge is 2.33. The zero-order chi connectivity index (χ0) is 25.5. The number of nitrogens with one attached hydrogen (secondary N) is 2. The monoisotopic (exact) mass is 484 g/mol. The molecule has 2 heterocycles. The van der Waals surface area contributed by atoms with Gasteiger partial charge in [0, 0.05) is 19.7 Å². The van der Waals surface area contributed by atoms with Gasteiger partial charge < -0.3 is 29.9 Å². The predicted octanol–water partition coefficient (Wildman–Crippen LogP) is 4.24. The number of nitrogens with zero attached hydrogens (tertiary/aromatic N) is 2. The average Bonchev–Trinajstić information content (AvgIpc) is 3.24. The summed E-state index contributed by atoms with van der Waals surface area (Å²) in [6, 6.07) is 9.42. The Hall–Kier alpha value is -3.92. The maximum Gasteiger partial charge on any atom is 0.273 e. The van der Waals surface area contributed by atoms with Crippen molar-refractivity contribution in [3.63, 3.8) is 0 Å². The minimum atomic E-state index is -1.21. The molecule has 0 fully saturated rings. The van der Waals surface area contributed by atoms with E-state index in [2.05, 4.69) is 10.3 Å². The number of ether oxygens (including phenoxy) is 1. The van der Waals surface area contributed by atoms with Crippen LogP contribution in [0.2, 0.25) is 0 Å². The van der Waals surface area contributed by atoms with Crippen molar-refractivity contribution in [2.24, 2.45) is 0 Å². The summed E-state index contributed by atoms with van der Waals surface area (Å²) in [6.45, 7) is 5.53. The second kappa shape index (κ2) is 9.03. The third kappa shape index (κ3) is 4.69. The van der Waals surface area contributed by atoms with Gasteiger partial charge in [-0.15, -0.1) is 0 Å². The summed E-state index contributed by atoms with van der Waals surface area (Å²) >= 11 is 0. The number of benzene rings is 2. The zero-order valence-corrected chi connectivity index (χ0v) is 19.8. The molecule has 2 aromatic carbocycles. The Morgan fingerprint density at radius 2 is 1.86 bits per heavy atom. The molecule has 2 amide bonds. The lowest BCUT2D eigenvalue weighted by molar-refractivity contribution is 0.0771. The molecule has 3 aromatic rings. The van der Waals surface area contributed by atoms with Crippen molar-refractivity contribution in [2.75, 3.05) is 25.2 Å². The number of H-pyrrole nitrogens is 1. The van der Waals surface area contributed by atoms with E-state index < -0.39 is 17.2 Å². The fourth-order valence-corrected chi connectivity index (χ4v) is 3.82. The summed E-state index contributed by atoms with van der Waals surface area (Å²) in [7, 11) is 1.60. The van der Waals surface area contributed by atoms with Crippen molar-refractivity contribution in [2.45, 2.75) is 26.4 Å². The SMILES string of the molecule is CCNC(=O)c1cc2c([nH]1)C(=O)N(C)CN2c1cc(C(C)(C)O)ccc1Oc1ccc(F)cc1F. The molecule has 1 aliphatic heterocycles. The minimum Gasteiger partial charge on any atom is -0.452 e. The van der Waals surface area contributed by atoms with Gasteiger partial charge in [0.25, 0.3) is 11.8 Å². The quantitative estimate of drug-likeness (QED) is 0.486. The molecule has 0 saturated carbocycles. The predicted molar refractivity (Wildman–Crippen MR) is 126 cm³/mol. The molecular weight excluding hydrogens is 458 g/mol. The molecule has 1 aromatic heterocycles.